The van der Waals surface area contributed by atoms with Crippen LogP contribution in [0.25, 0.3) is 10.8 Å². The van der Waals surface area contributed by atoms with Gasteiger partial charge in [0.2, 0.25) is 10.0 Å². The van der Waals surface area contributed by atoms with Crippen LogP contribution in [-0.2, 0) is 10.0 Å². The van der Waals surface area contributed by atoms with Crippen LogP contribution in [0.15, 0.2) is 48.5 Å². The van der Waals surface area contributed by atoms with Gasteiger partial charge in [0.1, 0.15) is 0 Å². The summed E-state index contributed by atoms with van der Waals surface area (Å²) in [5, 5.41) is 2.62. The van der Waals surface area contributed by atoms with E-state index in [1.807, 2.05) is 27.7 Å². The fourth-order valence-electron chi connectivity index (χ4n) is 2.15. The summed E-state index contributed by atoms with van der Waals surface area (Å²) in [5.74, 6) is 0. The van der Waals surface area contributed by atoms with Crippen molar-refractivity contribution < 1.29 is 8.42 Å². The normalized spacial score (nSPS) is 13.8. The first-order valence-electron chi connectivity index (χ1n) is 8.46. The molecule has 0 spiro atoms. The summed E-state index contributed by atoms with van der Waals surface area (Å²) in [5.41, 5.74) is 0. The lowest BCUT2D eigenvalue weighted by atomic mass is 10.1. The Morgan fingerprint density at radius 1 is 0.739 bits per heavy atom. The smallest absolute Gasteiger partial charge is 0.211 e. The van der Waals surface area contributed by atoms with Crippen molar-refractivity contribution in [1.82, 2.24) is 4.31 Å². The summed E-state index contributed by atoms with van der Waals surface area (Å²) in [6.45, 7) is 9.44. The Hall–Kier alpha value is -1.39. The fourth-order valence-corrected chi connectivity index (χ4v) is 3.07. The lowest BCUT2D eigenvalue weighted by Crippen LogP contribution is -2.26. The van der Waals surface area contributed by atoms with Crippen molar-refractivity contribution in [1.29, 1.82) is 0 Å². The molecule has 1 heterocycles. The van der Waals surface area contributed by atoms with Gasteiger partial charge in [-0.05, 0) is 23.6 Å². The predicted molar refractivity (Wildman–Crippen MR) is 102 cm³/mol. The Morgan fingerprint density at radius 2 is 1.04 bits per heavy atom. The summed E-state index contributed by atoms with van der Waals surface area (Å²) >= 11 is 0. The standard InChI is InChI=1S/C10H8.C5H11NO2S.2C2H6/c1-2-6-10-8-4-3-7-9(10)5-1;1-9(7,8)6-4-2-3-5-6;2*1-2/h1-8H;2-5H2,1H3;2*1-2H3. The molecule has 3 rings (SSSR count). The van der Waals surface area contributed by atoms with E-state index in [-0.39, 0.29) is 0 Å². The van der Waals surface area contributed by atoms with Crippen LogP contribution >= 0.6 is 0 Å². The number of rotatable bonds is 1. The van der Waals surface area contributed by atoms with Gasteiger partial charge in [-0.3, -0.25) is 0 Å². The summed E-state index contributed by atoms with van der Waals surface area (Å²) in [4.78, 5) is 0. The molecule has 1 aliphatic rings. The van der Waals surface area contributed by atoms with Crippen molar-refractivity contribution in [3.63, 3.8) is 0 Å². The molecule has 1 aliphatic heterocycles. The van der Waals surface area contributed by atoms with Gasteiger partial charge >= 0.3 is 0 Å². The summed E-state index contributed by atoms with van der Waals surface area (Å²) < 4.78 is 23.0. The van der Waals surface area contributed by atoms with Crippen LogP contribution in [0.5, 0.6) is 0 Å². The van der Waals surface area contributed by atoms with E-state index in [0.29, 0.717) is 0 Å². The highest BCUT2D eigenvalue weighted by Gasteiger charge is 2.19. The van der Waals surface area contributed by atoms with Crippen molar-refractivity contribution in [3.8, 4) is 0 Å². The van der Waals surface area contributed by atoms with Gasteiger partial charge in [-0.1, -0.05) is 76.2 Å². The molecule has 1 saturated heterocycles. The predicted octanol–water partition coefficient (Wildman–Crippen LogP) is 4.93. The van der Waals surface area contributed by atoms with Crippen molar-refractivity contribution in [2.45, 2.75) is 40.5 Å². The Bertz CT molecular complexity index is 567. The van der Waals surface area contributed by atoms with Crippen molar-refractivity contribution in [2.24, 2.45) is 0 Å². The average molecular weight is 338 g/mol. The first-order valence-corrected chi connectivity index (χ1v) is 10.3. The SMILES string of the molecule is CC.CC.CS(=O)(=O)N1CCCC1.c1ccc2ccccc2c1. The third-order valence-electron chi connectivity index (χ3n) is 3.19. The zero-order chi connectivity index (χ0) is 17.7. The van der Waals surface area contributed by atoms with Crippen molar-refractivity contribution in [3.05, 3.63) is 48.5 Å². The van der Waals surface area contributed by atoms with E-state index >= 15 is 0 Å². The molecule has 4 heteroatoms. The molecule has 130 valence electrons. The van der Waals surface area contributed by atoms with E-state index in [9.17, 15) is 8.42 Å². The van der Waals surface area contributed by atoms with Gasteiger partial charge in [-0.25, -0.2) is 12.7 Å². The topological polar surface area (TPSA) is 37.4 Å². The molecule has 0 aromatic heterocycles. The maximum Gasteiger partial charge on any atom is 0.211 e. The van der Waals surface area contributed by atoms with Crippen LogP contribution in [0.3, 0.4) is 0 Å². The van der Waals surface area contributed by atoms with Gasteiger partial charge in [0.25, 0.3) is 0 Å². The van der Waals surface area contributed by atoms with Crippen LogP contribution in [0.1, 0.15) is 40.5 Å². The van der Waals surface area contributed by atoms with Crippen LogP contribution in [0, 0.1) is 0 Å². The molecule has 0 aliphatic carbocycles. The quantitative estimate of drug-likeness (QED) is 0.739. The Balaban J connectivity index is 0.000000349. The Labute approximate surface area is 142 Å². The molecular weight excluding hydrogens is 306 g/mol. The van der Waals surface area contributed by atoms with Gasteiger partial charge in [-0.15, -0.1) is 0 Å². The molecule has 3 nitrogen and oxygen atoms in total. The molecule has 0 bridgehead atoms. The van der Waals surface area contributed by atoms with Crippen LogP contribution < -0.4 is 0 Å². The van der Waals surface area contributed by atoms with Crippen molar-refractivity contribution >= 4 is 20.8 Å². The number of sulfonamides is 1. The van der Waals surface area contributed by atoms with Crippen LogP contribution in [0.4, 0.5) is 0 Å². The highest BCUT2D eigenvalue weighted by atomic mass is 32.2. The largest absolute Gasteiger partial charge is 0.213 e. The second-order valence-corrected chi connectivity index (χ2v) is 6.70. The maximum absolute atomic E-state index is 10.8. The maximum atomic E-state index is 10.8. The second-order valence-electron chi connectivity index (χ2n) is 4.72. The van der Waals surface area contributed by atoms with Crippen LogP contribution in [0.2, 0.25) is 0 Å². The minimum Gasteiger partial charge on any atom is -0.213 e. The molecule has 0 radical (unpaired) electrons. The van der Waals surface area contributed by atoms with Gasteiger partial charge in [0.15, 0.2) is 0 Å². The molecule has 23 heavy (non-hydrogen) atoms. The van der Waals surface area contributed by atoms with E-state index in [1.165, 1.54) is 21.3 Å². The third kappa shape index (κ3) is 8.14. The lowest BCUT2D eigenvalue weighted by Gasteiger charge is -2.09. The summed E-state index contributed by atoms with van der Waals surface area (Å²) in [6, 6.07) is 16.7. The third-order valence-corrected chi connectivity index (χ3v) is 4.50. The van der Waals surface area contributed by atoms with E-state index in [0.717, 1.165) is 25.9 Å². The first-order chi connectivity index (χ1) is 11.1. The van der Waals surface area contributed by atoms with Crippen LogP contribution in [-0.4, -0.2) is 32.1 Å². The van der Waals surface area contributed by atoms with Gasteiger partial charge < -0.3 is 0 Å². The van der Waals surface area contributed by atoms with E-state index in [1.54, 1.807) is 0 Å². The number of fused-ring (bicyclic) bond motifs is 1. The number of nitrogens with zero attached hydrogens (tertiary/aromatic N) is 1. The monoisotopic (exact) mass is 337 g/mol. The highest BCUT2D eigenvalue weighted by Crippen LogP contribution is 2.11. The molecular formula is C19H31NO2S. The zero-order valence-corrected chi connectivity index (χ0v) is 15.9. The minimum atomic E-state index is -2.87. The first kappa shape index (κ1) is 21.6. The Kier molecular flexibility index (Phi) is 11.4. The fraction of sp³-hybridized carbons (Fsp3) is 0.474. The zero-order valence-electron chi connectivity index (χ0n) is 15.1. The van der Waals surface area contributed by atoms with Gasteiger partial charge in [-0.2, -0.15) is 0 Å². The van der Waals surface area contributed by atoms with Crippen molar-refractivity contribution in [2.75, 3.05) is 19.3 Å². The van der Waals surface area contributed by atoms with Gasteiger partial charge in [0.05, 0.1) is 6.26 Å². The molecule has 2 aromatic rings. The number of hydrogen-bond donors (Lipinski definition) is 0. The molecule has 0 atom stereocenters. The lowest BCUT2D eigenvalue weighted by molar-refractivity contribution is 0.483. The number of hydrogen-bond acceptors (Lipinski definition) is 2. The molecule has 0 saturated carbocycles. The minimum absolute atomic E-state index is 0.721. The number of benzene rings is 2. The van der Waals surface area contributed by atoms with E-state index in [2.05, 4.69) is 48.5 Å². The molecule has 0 unspecified atom stereocenters. The average Bonchev–Trinajstić information content (AvgIpc) is 3.14. The summed E-state index contributed by atoms with van der Waals surface area (Å²) in [6.07, 6.45) is 3.30. The highest BCUT2D eigenvalue weighted by molar-refractivity contribution is 7.88. The Morgan fingerprint density at radius 3 is 1.26 bits per heavy atom. The second kappa shape index (κ2) is 12.1. The molecule has 0 amide bonds. The molecule has 2 aromatic carbocycles. The summed E-state index contributed by atoms with van der Waals surface area (Å²) in [7, 11) is -2.87. The molecule has 0 N–H and O–H groups in total. The van der Waals surface area contributed by atoms with E-state index in [4.69, 9.17) is 0 Å². The molecule has 1 fully saturated rings. The van der Waals surface area contributed by atoms with E-state index < -0.39 is 10.0 Å². The van der Waals surface area contributed by atoms with Gasteiger partial charge in [0, 0.05) is 13.1 Å².